The lowest BCUT2D eigenvalue weighted by Gasteiger charge is -2.12. The van der Waals surface area contributed by atoms with E-state index in [2.05, 4.69) is 35.6 Å². The van der Waals surface area contributed by atoms with Crippen LogP contribution in [0.15, 0.2) is 52.2 Å². The molecule has 0 bridgehead atoms. The second-order valence-electron chi connectivity index (χ2n) is 7.35. The molecule has 11 nitrogen and oxygen atoms in total. The molecule has 35 heavy (non-hydrogen) atoms. The van der Waals surface area contributed by atoms with Crippen molar-refractivity contribution in [1.82, 2.24) is 40.2 Å². The Hall–Kier alpha value is -4.75. The summed E-state index contributed by atoms with van der Waals surface area (Å²) in [4.78, 5) is 35.1. The summed E-state index contributed by atoms with van der Waals surface area (Å²) in [7, 11) is 0. The van der Waals surface area contributed by atoms with Crippen molar-refractivity contribution in [2.45, 2.75) is 13.1 Å². The predicted molar refractivity (Wildman–Crippen MR) is 116 cm³/mol. The number of fused-ring (bicyclic) bond motifs is 1. The number of hydrogen-bond donors (Lipinski definition) is 3. The Balaban J connectivity index is 1.73. The van der Waals surface area contributed by atoms with E-state index in [-0.39, 0.29) is 22.9 Å². The normalized spacial score (nSPS) is 11.8. The third-order valence-electron chi connectivity index (χ3n) is 5.05. The van der Waals surface area contributed by atoms with Gasteiger partial charge in [0.1, 0.15) is 11.3 Å². The molecule has 14 heteroatoms. The van der Waals surface area contributed by atoms with Gasteiger partial charge in [-0.25, -0.2) is 19.6 Å². The van der Waals surface area contributed by atoms with Crippen LogP contribution in [0.4, 0.5) is 13.2 Å². The number of H-pyrrole nitrogens is 2. The summed E-state index contributed by atoms with van der Waals surface area (Å²) >= 11 is 0. The molecule has 0 radical (unpaired) electrons. The molecule has 5 rings (SSSR count). The number of amides is 1. The maximum absolute atomic E-state index is 13.3. The average Bonchev–Trinajstić information content (AvgIpc) is 3.57. The van der Waals surface area contributed by atoms with E-state index in [0.29, 0.717) is 28.6 Å². The molecule has 0 fully saturated rings. The van der Waals surface area contributed by atoms with Gasteiger partial charge < -0.3 is 14.7 Å². The quantitative estimate of drug-likeness (QED) is 0.347. The second kappa shape index (κ2) is 8.23. The van der Waals surface area contributed by atoms with Gasteiger partial charge in [0.25, 0.3) is 11.8 Å². The van der Waals surface area contributed by atoms with E-state index in [1.807, 2.05) is 0 Å². The standard InChI is InChI=1S/C21H15F3N8O3/c1-2-26-18(33)14-6-12-16(32-4-3-15(31-32)21(22,23)24)13(9-27-17(12)28-14)10-5-11(8-25-7-10)19-29-30-20(34)35-19/h3-9H,2H2,1H3,(H,26,33)(H,27,28)(H,30,34). The molecule has 0 aromatic carbocycles. The largest absolute Gasteiger partial charge is 0.435 e. The number of hydrogen-bond acceptors (Lipinski definition) is 7. The van der Waals surface area contributed by atoms with Gasteiger partial charge in [0.2, 0.25) is 0 Å². The third kappa shape index (κ3) is 4.05. The van der Waals surface area contributed by atoms with E-state index in [0.717, 1.165) is 10.7 Å². The fourth-order valence-electron chi connectivity index (χ4n) is 3.55. The van der Waals surface area contributed by atoms with Crippen LogP contribution in [0.1, 0.15) is 23.1 Å². The summed E-state index contributed by atoms with van der Waals surface area (Å²) < 4.78 is 45.9. The number of carbonyl (C=O) groups is 1. The highest BCUT2D eigenvalue weighted by Gasteiger charge is 2.34. The highest BCUT2D eigenvalue weighted by molar-refractivity contribution is 6.01. The second-order valence-corrected chi connectivity index (χ2v) is 7.35. The van der Waals surface area contributed by atoms with Crippen LogP contribution in [0.25, 0.3) is 39.3 Å². The molecule has 0 saturated heterocycles. The molecule has 0 atom stereocenters. The molecular formula is C21H15F3N8O3. The smallest absolute Gasteiger partial charge is 0.388 e. The molecule has 0 aliphatic heterocycles. The zero-order valence-corrected chi connectivity index (χ0v) is 17.8. The van der Waals surface area contributed by atoms with Gasteiger partial charge in [-0.3, -0.25) is 9.78 Å². The lowest BCUT2D eigenvalue weighted by molar-refractivity contribution is -0.141. The van der Waals surface area contributed by atoms with Crippen LogP contribution in [0.3, 0.4) is 0 Å². The van der Waals surface area contributed by atoms with Crippen molar-refractivity contribution in [3.63, 3.8) is 0 Å². The molecule has 5 heterocycles. The first kappa shape index (κ1) is 22.1. The van der Waals surface area contributed by atoms with Crippen LogP contribution in [-0.2, 0) is 6.18 Å². The van der Waals surface area contributed by atoms with E-state index in [9.17, 15) is 22.8 Å². The first-order valence-electron chi connectivity index (χ1n) is 10.2. The molecule has 3 N–H and O–H groups in total. The molecular weight excluding hydrogens is 469 g/mol. The lowest BCUT2D eigenvalue weighted by atomic mass is 10.0. The Morgan fingerprint density at radius 1 is 1.20 bits per heavy atom. The Kier molecular flexibility index (Phi) is 5.19. The molecule has 0 unspecified atom stereocenters. The molecule has 0 saturated carbocycles. The SMILES string of the molecule is CCNC(=O)c1cc2c(-n3ccc(C(F)(F)F)n3)c(-c3cncc(-c4n[nH]c(=O)o4)c3)cnc2[nH]1. The maximum atomic E-state index is 13.3. The van der Waals surface area contributed by atoms with Crippen molar-refractivity contribution < 1.29 is 22.4 Å². The van der Waals surface area contributed by atoms with Gasteiger partial charge >= 0.3 is 11.9 Å². The van der Waals surface area contributed by atoms with Crippen molar-refractivity contribution in [3.05, 3.63) is 64.9 Å². The Morgan fingerprint density at radius 3 is 2.69 bits per heavy atom. The minimum atomic E-state index is -4.65. The number of nitrogens with zero attached hydrogens (tertiary/aromatic N) is 5. The van der Waals surface area contributed by atoms with Crippen LogP contribution >= 0.6 is 0 Å². The Morgan fingerprint density at radius 2 is 2.00 bits per heavy atom. The number of pyridine rings is 2. The van der Waals surface area contributed by atoms with Crippen molar-refractivity contribution in [2.24, 2.45) is 0 Å². The summed E-state index contributed by atoms with van der Waals surface area (Å²) in [6, 6.07) is 3.93. The van der Waals surface area contributed by atoms with E-state index < -0.39 is 23.5 Å². The van der Waals surface area contributed by atoms with Crippen LogP contribution < -0.4 is 11.1 Å². The summed E-state index contributed by atoms with van der Waals surface area (Å²) in [6.45, 7) is 2.14. The molecule has 0 aliphatic carbocycles. The lowest BCUT2D eigenvalue weighted by Crippen LogP contribution is -2.22. The molecule has 5 aromatic rings. The van der Waals surface area contributed by atoms with Gasteiger partial charge in [0.05, 0.1) is 11.3 Å². The maximum Gasteiger partial charge on any atom is 0.435 e. The average molecular weight is 484 g/mol. The number of nitrogens with one attached hydrogen (secondary N) is 3. The van der Waals surface area contributed by atoms with Gasteiger partial charge in [0, 0.05) is 47.8 Å². The summed E-state index contributed by atoms with van der Waals surface area (Å²) in [5.74, 6) is -1.17. The van der Waals surface area contributed by atoms with Gasteiger partial charge in [-0.2, -0.15) is 18.3 Å². The van der Waals surface area contributed by atoms with Crippen molar-refractivity contribution >= 4 is 16.9 Å². The summed E-state index contributed by atoms with van der Waals surface area (Å²) in [5, 5.41) is 12.7. The van der Waals surface area contributed by atoms with Crippen LogP contribution in [-0.4, -0.2) is 47.4 Å². The van der Waals surface area contributed by atoms with E-state index >= 15 is 0 Å². The first-order valence-corrected chi connectivity index (χ1v) is 10.2. The van der Waals surface area contributed by atoms with Gasteiger partial charge in [-0.05, 0) is 25.1 Å². The molecule has 5 aromatic heterocycles. The van der Waals surface area contributed by atoms with E-state index in [1.54, 1.807) is 13.0 Å². The predicted octanol–water partition coefficient (Wildman–Crippen LogP) is 2.92. The molecule has 0 spiro atoms. The fourth-order valence-corrected chi connectivity index (χ4v) is 3.55. The minimum absolute atomic E-state index is 0.0152. The van der Waals surface area contributed by atoms with Gasteiger partial charge in [-0.1, -0.05) is 0 Å². The number of aromatic amines is 2. The van der Waals surface area contributed by atoms with Crippen molar-refractivity contribution in [3.8, 4) is 28.3 Å². The van der Waals surface area contributed by atoms with Crippen LogP contribution in [0.5, 0.6) is 0 Å². The van der Waals surface area contributed by atoms with E-state index in [1.165, 1.54) is 30.9 Å². The van der Waals surface area contributed by atoms with Crippen LogP contribution in [0, 0.1) is 0 Å². The monoisotopic (exact) mass is 484 g/mol. The number of halogens is 3. The van der Waals surface area contributed by atoms with E-state index in [4.69, 9.17) is 4.42 Å². The summed E-state index contributed by atoms with van der Waals surface area (Å²) in [5.41, 5.74) is 0.751. The topological polar surface area (TPSA) is 147 Å². The summed E-state index contributed by atoms with van der Waals surface area (Å²) in [6.07, 6.45) is 0.816. The van der Waals surface area contributed by atoms with Crippen molar-refractivity contribution in [2.75, 3.05) is 6.54 Å². The van der Waals surface area contributed by atoms with Crippen LogP contribution in [0.2, 0.25) is 0 Å². The van der Waals surface area contributed by atoms with Crippen molar-refractivity contribution in [1.29, 1.82) is 0 Å². The zero-order chi connectivity index (χ0) is 24.7. The zero-order valence-electron chi connectivity index (χ0n) is 17.8. The first-order chi connectivity index (χ1) is 16.7. The highest BCUT2D eigenvalue weighted by Crippen LogP contribution is 2.35. The Labute approximate surface area is 193 Å². The van der Waals surface area contributed by atoms with Gasteiger partial charge in [0.15, 0.2) is 5.69 Å². The molecule has 0 aliphatic rings. The highest BCUT2D eigenvalue weighted by atomic mass is 19.4. The number of alkyl halides is 3. The third-order valence-corrected chi connectivity index (χ3v) is 5.05. The number of carbonyl (C=O) groups excluding carboxylic acids is 1. The Bertz CT molecular complexity index is 1610. The van der Waals surface area contributed by atoms with Gasteiger partial charge in [-0.15, -0.1) is 5.10 Å². The molecule has 178 valence electrons. The number of rotatable bonds is 5. The minimum Gasteiger partial charge on any atom is -0.388 e. The number of aromatic nitrogens is 7. The fraction of sp³-hybridized carbons (Fsp3) is 0.143. The molecule has 1 amide bonds.